The molecule has 6 nitrogen and oxygen atoms in total. The number of aryl methyl sites for hydroxylation is 2. The number of aromatic nitrogens is 4. The standard InChI is InChI=1S/C26H20Cl2FN5OS/c1-14-31-13-34(33-14)19-10-21(27)25(22(28)11-19)26(35)30-12-20(16-4-3-5-18(29)8-16)17-6-7-24-23(9-17)32-15(2)36-24/h3-11,13,20H,12H2,1-2H3,(H,30,35). The zero-order valence-electron chi connectivity index (χ0n) is 19.3. The van der Waals surface area contributed by atoms with Crippen LogP contribution in [-0.2, 0) is 0 Å². The van der Waals surface area contributed by atoms with Crippen LogP contribution in [0.15, 0.2) is 60.9 Å². The van der Waals surface area contributed by atoms with Crippen LogP contribution in [-0.4, -0.2) is 32.2 Å². The molecule has 0 fully saturated rings. The van der Waals surface area contributed by atoms with E-state index in [0.29, 0.717) is 11.5 Å². The van der Waals surface area contributed by atoms with Crippen molar-refractivity contribution in [1.29, 1.82) is 0 Å². The Balaban J connectivity index is 1.44. The van der Waals surface area contributed by atoms with E-state index in [1.165, 1.54) is 16.8 Å². The van der Waals surface area contributed by atoms with Crippen molar-refractivity contribution in [2.75, 3.05) is 6.54 Å². The summed E-state index contributed by atoms with van der Waals surface area (Å²) in [7, 11) is 0. The number of nitrogens with one attached hydrogen (secondary N) is 1. The van der Waals surface area contributed by atoms with E-state index in [1.54, 1.807) is 42.8 Å². The van der Waals surface area contributed by atoms with Gasteiger partial charge in [-0.1, -0.05) is 41.4 Å². The van der Waals surface area contributed by atoms with Gasteiger partial charge in [-0.15, -0.1) is 11.3 Å². The molecule has 182 valence electrons. The summed E-state index contributed by atoms with van der Waals surface area (Å²) in [5.41, 5.74) is 3.25. The number of fused-ring (bicyclic) bond motifs is 1. The van der Waals surface area contributed by atoms with Gasteiger partial charge in [-0.2, -0.15) is 5.10 Å². The maximum atomic E-state index is 14.1. The lowest BCUT2D eigenvalue weighted by Gasteiger charge is -2.20. The Kier molecular flexibility index (Phi) is 6.75. The Morgan fingerprint density at radius 1 is 1.08 bits per heavy atom. The lowest BCUT2D eigenvalue weighted by atomic mass is 9.91. The average molecular weight is 540 g/mol. The van der Waals surface area contributed by atoms with Crippen molar-refractivity contribution in [2.45, 2.75) is 19.8 Å². The van der Waals surface area contributed by atoms with Crippen LogP contribution in [0.2, 0.25) is 10.0 Å². The first-order chi connectivity index (χ1) is 17.3. The third kappa shape index (κ3) is 4.97. The number of rotatable bonds is 6. The molecule has 1 N–H and O–H groups in total. The topological polar surface area (TPSA) is 72.7 Å². The first-order valence-corrected chi connectivity index (χ1v) is 12.6. The zero-order chi connectivity index (χ0) is 25.4. The molecule has 1 amide bonds. The smallest absolute Gasteiger partial charge is 0.254 e. The van der Waals surface area contributed by atoms with E-state index in [9.17, 15) is 9.18 Å². The van der Waals surface area contributed by atoms with E-state index in [1.807, 2.05) is 31.2 Å². The molecule has 0 saturated carbocycles. The molecule has 36 heavy (non-hydrogen) atoms. The normalized spacial score (nSPS) is 12.1. The van der Waals surface area contributed by atoms with Gasteiger partial charge in [-0.3, -0.25) is 4.79 Å². The minimum Gasteiger partial charge on any atom is -0.351 e. The maximum absolute atomic E-state index is 14.1. The highest BCUT2D eigenvalue weighted by atomic mass is 35.5. The number of benzene rings is 3. The summed E-state index contributed by atoms with van der Waals surface area (Å²) in [6.07, 6.45) is 1.54. The molecule has 5 aromatic rings. The van der Waals surface area contributed by atoms with Gasteiger partial charge < -0.3 is 5.32 Å². The van der Waals surface area contributed by atoms with E-state index in [2.05, 4.69) is 20.4 Å². The largest absolute Gasteiger partial charge is 0.351 e. The third-order valence-corrected chi connectivity index (χ3v) is 7.31. The number of amides is 1. The number of hydrogen-bond donors (Lipinski definition) is 1. The fraction of sp³-hybridized carbons (Fsp3) is 0.154. The minimum absolute atomic E-state index is 0.155. The summed E-state index contributed by atoms with van der Waals surface area (Å²) in [6, 6.07) is 15.5. The monoisotopic (exact) mass is 539 g/mol. The molecule has 1 unspecified atom stereocenters. The molecule has 0 bridgehead atoms. The van der Waals surface area contributed by atoms with Crippen molar-refractivity contribution in [2.24, 2.45) is 0 Å². The van der Waals surface area contributed by atoms with Gasteiger partial charge >= 0.3 is 0 Å². The predicted molar refractivity (Wildman–Crippen MR) is 141 cm³/mol. The quantitative estimate of drug-likeness (QED) is 0.267. The number of carbonyl (C=O) groups is 1. The molecular formula is C26H20Cl2FN5OS. The second-order valence-corrected chi connectivity index (χ2v) is 10.3. The zero-order valence-corrected chi connectivity index (χ0v) is 21.6. The highest BCUT2D eigenvalue weighted by Crippen LogP contribution is 2.31. The van der Waals surface area contributed by atoms with Crippen molar-refractivity contribution >= 4 is 50.7 Å². The Bertz CT molecular complexity index is 1580. The Morgan fingerprint density at radius 3 is 2.53 bits per heavy atom. The van der Waals surface area contributed by atoms with E-state index >= 15 is 0 Å². The number of thiazole rings is 1. The minimum atomic E-state index is -0.432. The van der Waals surface area contributed by atoms with Crippen molar-refractivity contribution in [3.8, 4) is 5.69 Å². The summed E-state index contributed by atoms with van der Waals surface area (Å²) < 4.78 is 16.7. The lowest BCUT2D eigenvalue weighted by molar-refractivity contribution is 0.0952. The van der Waals surface area contributed by atoms with E-state index in [-0.39, 0.29) is 33.9 Å². The van der Waals surface area contributed by atoms with Crippen molar-refractivity contribution < 1.29 is 9.18 Å². The van der Waals surface area contributed by atoms with Crippen LogP contribution in [0.4, 0.5) is 4.39 Å². The highest BCUT2D eigenvalue weighted by molar-refractivity contribution is 7.18. The molecule has 0 radical (unpaired) electrons. The Hall–Kier alpha value is -3.33. The molecule has 2 heterocycles. The van der Waals surface area contributed by atoms with Gasteiger partial charge in [0.25, 0.3) is 5.91 Å². The average Bonchev–Trinajstić information content (AvgIpc) is 3.43. The number of nitrogens with zero attached hydrogens (tertiary/aromatic N) is 4. The van der Waals surface area contributed by atoms with Gasteiger partial charge in [-0.25, -0.2) is 19.0 Å². The summed E-state index contributed by atoms with van der Waals surface area (Å²) in [5, 5.41) is 8.51. The molecular weight excluding hydrogens is 520 g/mol. The second-order valence-electron chi connectivity index (χ2n) is 8.30. The van der Waals surface area contributed by atoms with Crippen LogP contribution in [0, 0.1) is 19.7 Å². The van der Waals surface area contributed by atoms with Gasteiger partial charge in [0.2, 0.25) is 0 Å². The van der Waals surface area contributed by atoms with Gasteiger partial charge in [0.1, 0.15) is 18.0 Å². The molecule has 10 heteroatoms. The molecule has 3 aromatic carbocycles. The van der Waals surface area contributed by atoms with Gasteiger partial charge in [0.15, 0.2) is 0 Å². The van der Waals surface area contributed by atoms with Gasteiger partial charge in [-0.05, 0) is 61.4 Å². The number of halogens is 3. The number of hydrogen-bond acceptors (Lipinski definition) is 5. The van der Waals surface area contributed by atoms with E-state index < -0.39 is 5.91 Å². The van der Waals surface area contributed by atoms with Crippen molar-refractivity contribution in [3.05, 3.63) is 104 Å². The second kappa shape index (κ2) is 9.97. The molecule has 5 rings (SSSR count). The molecule has 2 aromatic heterocycles. The molecule has 1 atom stereocenters. The van der Waals surface area contributed by atoms with Crippen LogP contribution < -0.4 is 5.32 Å². The SMILES string of the molecule is Cc1ncn(-c2cc(Cl)c(C(=O)NCC(c3cccc(F)c3)c3ccc4sc(C)nc4c3)c(Cl)c2)n1. The molecule has 0 aliphatic heterocycles. The van der Waals surface area contributed by atoms with E-state index in [4.69, 9.17) is 23.2 Å². The number of carbonyl (C=O) groups excluding carboxylic acids is 1. The molecule has 0 spiro atoms. The first-order valence-electron chi connectivity index (χ1n) is 11.1. The maximum Gasteiger partial charge on any atom is 0.254 e. The van der Waals surface area contributed by atoms with Gasteiger partial charge in [0, 0.05) is 12.5 Å². The van der Waals surface area contributed by atoms with E-state index in [0.717, 1.165) is 26.4 Å². The molecule has 0 aliphatic rings. The van der Waals surface area contributed by atoms with Crippen LogP contribution >= 0.6 is 34.5 Å². The first kappa shape index (κ1) is 24.4. The van der Waals surface area contributed by atoms with Crippen molar-refractivity contribution in [1.82, 2.24) is 25.1 Å². The third-order valence-electron chi connectivity index (χ3n) is 5.76. The van der Waals surface area contributed by atoms with Crippen LogP contribution in [0.3, 0.4) is 0 Å². The Morgan fingerprint density at radius 2 is 1.83 bits per heavy atom. The molecule has 0 saturated heterocycles. The summed E-state index contributed by atoms with van der Waals surface area (Å²) in [4.78, 5) is 21.9. The highest BCUT2D eigenvalue weighted by Gasteiger charge is 2.21. The summed E-state index contributed by atoms with van der Waals surface area (Å²) in [6.45, 7) is 3.93. The van der Waals surface area contributed by atoms with Crippen LogP contribution in [0.1, 0.15) is 38.2 Å². The van der Waals surface area contributed by atoms with Crippen LogP contribution in [0.25, 0.3) is 15.9 Å². The fourth-order valence-electron chi connectivity index (χ4n) is 4.09. The summed E-state index contributed by atoms with van der Waals surface area (Å²) in [5.74, 6) is -0.498. The van der Waals surface area contributed by atoms with Gasteiger partial charge in [0.05, 0.1) is 36.5 Å². The lowest BCUT2D eigenvalue weighted by Crippen LogP contribution is -2.29. The fourth-order valence-corrected chi connectivity index (χ4v) is 5.54. The van der Waals surface area contributed by atoms with Crippen molar-refractivity contribution in [3.63, 3.8) is 0 Å². The van der Waals surface area contributed by atoms with Crippen LogP contribution in [0.5, 0.6) is 0 Å². The molecule has 0 aliphatic carbocycles. The Labute approximate surface area is 220 Å². The summed E-state index contributed by atoms with van der Waals surface area (Å²) >= 11 is 14.5. The predicted octanol–water partition coefficient (Wildman–Crippen LogP) is 6.50.